The summed E-state index contributed by atoms with van der Waals surface area (Å²) < 4.78 is 13.1. The molecule has 1 heterocycles. The first-order valence-electron chi connectivity index (χ1n) is 13.0. The zero-order chi connectivity index (χ0) is 23.2. The molecule has 0 spiro atoms. The van der Waals surface area contributed by atoms with Crippen LogP contribution >= 0.6 is 0 Å². The van der Waals surface area contributed by atoms with E-state index in [1.165, 1.54) is 31.4 Å². The maximum Gasteiger partial charge on any atom is 0.223 e. The van der Waals surface area contributed by atoms with Gasteiger partial charge >= 0.3 is 0 Å². The Kier molecular flexibility index (Phi) is 8.53. The van der Waals surface area contributed by atoms with E-state index in [4.69, 9.17) is 0 Å². The predicted molar refractivity (Wildman–Crippen MR) is 126 cm³/mol. The number of piperidine rings is 1. The Bertz CT molecular complexity index is 775. The first kappa shape index (κ1) is 24.3. The van der Waals surface area contributed by atoms with Crippen LogP contribution in [0.15, 0.2) is 24.3 Å². The topological polar surface area (TPSA) is 69.6 Å². The highest BCUT2D eigenvalue weighted by atomic mass is 19.1. The van der Waals surface area contributed by atoms with Crippen molar-refractivity contribution in [2.24, 2.45) is 17.8 Å². The second kappa shape index (κ2) is 11.6. The molecule has 2 saturated carbocycles. The normalized spacial score (nSPS) is 29.5. The SMILES string of the molecule is O=C(N[C@H]1CC[C@H](CCN2CCC(C(=O)c3ccc(F)cc3)CC2)CC1)C1CCC(O)CC1. The van der Waals surface area contributed by atoms with Gasteiger partial charge < -0.3 is 15.3 Å². The van der Waals surface area contributed by atoms with Crippen LogP contribution in [0.4, 0.5) is 4.39 Å². The lowest BCUT2D eigenvalue weighted by molar-refractivity contribution is -0.127. The van der Waals surface area contributed by atoms with Gasteiger partial charge in [0.05, 0.1) is 6.10 Å². The van der Waals surface area contributed by atoms with Gasteiger partial charge in [-0.2, -0.15) is 0 Å². The number of Topliss-reactive ketones (excluding diaryl/α,β-unsaturated/α-hetero) is 1. The first-order valence-corrected chi connectivity index (χ1v) is 13.0. The molecule has 0 aromatic heterocycles. The molecule has 4 rings (SSSR count). The zero-order valence-electron chi connectivity index (χ0n) is 19.7. The Balaban J connectivity index is 1.11. The van der Waals surface area contributed by atoms with E-state index >= 15 is 0 Å². The summed E-state index contributed by atoms with van der Waals surface area (Å²) in [4.78, 5) is 27.7. The van der Waals surface area contributed by atoms with Crippen LogP contribution in [-0.2, 0) is 4.79 Å². The van der Waals surface area contributed by atoms with Gasteiger partial charge in [-0.25, -0.2) is 4.39 Å². The molecule has 33 heavy (non-hydrogen) atoms. The first-order chi connectivity index (χ1) is 16.0. The molecule has 2 aliphatic carbocycles. The molecular formula is C27H39FN2O3. The summed E-state index contributed by atoms with van der Waals surface area (Å²) in [5.41, 5.74) is 0.625. The summed E-state index contributed by atoms with van der Waals surface area (Å²) in [7, 11) is 0. The van der Waals surface area contributed by atoms with Crippen molar-refractivity contribution < 1.29 is 19.1 Å². The molecule has 0 radical (unpaired) electrons. The number of amides is 1. The molecule has 3 fully saturated rings. The van der Waals surface area contributed by atoms with Crippen LogP contribution in [-0.4, -0.2) is 53.5 Å². The van der Waals surface area contributed by atoms with E-state index in [9.17, 15) is 19.1 Å². The molecule has 0 atom stereocenters. The van der Waals surface area contributed by atoms with Gasteiger partial charge in [-0.1, -0.05) is 0 Å². The lowest BCUT2D eigenvalue weighted by Gasteiger charge is -2.34. The number of aliphatic hydroxyl groups is 1. The number of hydrogen-bond donors (Lipinski definition) is 2. The van der Waals surface area contributed by atoms with Crippen molar-refractivity contribution in [3.63, 3.8) is 0 Å². The Labute approximate surface area is 197 Å². The number of carbonyl (C=O) groups is 2. The highest BCUT2D eigenvalue weighted by Crippen LogP contribution is 2.30. The van der Waals surface area contributed by atoms with Crippen LogP contribution in [0, 0.1) is 23.6 Å². The number of nitrogens with one attached hydrogen (secondary N) is 1. The van der Waals surface area contributed by atoms with E-state index in [0.717, 1.165) is 76.9 Å². The number of carbonyl (C=O) groups excluding carboxylic acids is 2. The van der Waals surface area contributed by atoms with Crippen molar-refractivity contribution in [1.82, 2.24) is 10.2 Å². The summed E-state index contributed by atoms with van der Waals surface area (Å²) in [6, 6.07) is 6.24. The predicted octanol–water partition coefficient (Wildman–Crippen LogP) is 4.34. The smallest absolute Gasteiger partial charge is 0.223 e. The molecule has 0 unspecified atom stereocenters. The number of rotatable bonds is 7. The van der Waals surface area contributed by atoms with Gasteiger partial charge in [0.25, 0.3) is 0 Å². The summed E-state index contributed by atoms with van der Waals surface area (Å²) in [5, 5.41) is 12.9. The average Bonchev–Trinajstić information content (AvgIpc) is 2.84. The summed E-state index contributed by atoms with van der Waals surface area (Å²) in [6.07, 6.45) is 10.4. The Morgan fingerprint density at radius 3 is 2.15 bits per heavy atom. The van der Waals surface area contributed by atoms with Crippen molar-refractivity contribution in [2.45, 2.75) is 82.8 Å². The number of ketones is 1. The fourth-order valence-corrected chi connectivity index (χ4v) is 5.89. The summed E-state index contributed by atoms with van der Waals surface area (Å²) in [6.45, 7) is 3.00. The minimum absolute atomic E-state index is 0.0539. The van der Waals surface area contributed by atoms with Gasteiger partial charge in [0.2, 0.25) is 5.91 Å². The van der Waals surface area contributed by atoms with Gasteiger partial charge in [0.15, 0.2) is 5.78 Å². The highest BCUT2D eigenvalue weighted by Gasteiger charge is 2.29. The maximum absolute atomic E-state index is 13.1. The highest BCUT2D eigenvalue weighted by molar-refractivity contribution is 5.97. The largest absolute Gasteiger partial charge is 0.393 e. The second-order valence-electron chi connectivity index (χ2n) is 10.5. The summed E-state index contributed by atoms with van der Waals surface area (Å²) >= 11 is 0. The molecule has 5 nitrogen and oxygen atoms in total. The monoisotopic (exact) mass is 458 g/mol. The Morgan fingerprint density at radius 2 is 1.52 bits per heavy atom. The van der Waals surface area contributed by atoms with E-state index in [-0.39, 0.29) is 35.4 Å². The van der Waals surface area contributed by atoms with E-state index in [0.29, 0.717) is 11.6 Å². The standard InChI is InChI=1S/C27H39FN2O3/c28-23-7-3-20(4-8-23)26(32)21-14-17-30(18-15-21)16-13-19-1-9-24(10-2-19)29-27(33)22-5-11-25(31)12-6-22/h3-4,7-8,19,21-22,24-25,31H,1-2,5-6,9-18H2,(H,29,33)/t19-,22?,24-,25?. The van der Waals surface area contributed by atoms with E-state index in [1.54, 1.807) is 12.1 Å². The van der Waals surface area contributed by atoms with Gasteiger partial charge in [0, 0.05) is 23.4 Å². The molecule has 3 aliphatic rings. The molecule has 2 N–H and O–H groups in total. The third-order valence-corrected chi connectivity index (χ3v) is 8.20. The van der Waals surface area contributed by atoms with Crippen LogP contribution < -0.4 is 5.32 Å². The number of benzene rings is 1. The third kappa shape index (κ3) is 6.86. The molecule has 6 heteroatoms. The Morgan fingerprint density at radius 1 is 0.879 bits per heavy atom. The van der Waals surface area contributed by atoms with Gasteiger partial charge in [0.1, 0.15) is 5.82 Å². The lowest BCUT2D eigenvalue weighted by Crippen LogP contribution is -2.42. The molecule has 1 saturated heterocycles. The van der Waals surface area contributed by atoms with Crippen LogP contribution in [0.5, 0.6) is 0 Å². The number of likely N-dealkylation sites (tertiary alicyclic amines) is 1. The maximum atomic E-state index is 13.1. The summed E-state index contributed by atoms with van der Waals surface area (Å²) in [5.74, 6) is 0.911. The average molecular weight is 459 g/mol. The van der Waals surface area contributed by atoms with Crippen LogP contribution in [0.1, 0.15) is 81.0 Å². The minimum Gasteiger partial charge on any atom is -0.393 e. The van der Waals surface area contributed by atoms with Gasteiger partial charge in [-0.15, -0.1) is 0 Å². The van der Waals surface area contributed by atoms with E-state index in [2.05, 4.69) is 10.2 Å². The van der Waals surface area contributed by atoms with Gasteiger partial charge in [-0.05, 0) is 120 Å². The van der Waals surface area contributed by atoms with Crippen molar-refractivity contribution in [3.05, 3.63) is 35.6 Å². The fourth-order valence-electron chi connectivity index (χ4n) is 5.89. The van der Waals surface area contributed by atoms with Crippen LogP contribution in [0.25, 0.3) is 0 Å². The molecule has 182 valence electrons. The second-order valence-corrected chi connectivity index (χ2v) is 10.5. The van der Waals surface area contributed by atoms with E-state index in [1.807, 2.05) is 0 Å². The van der Waals surface area contributed by atoms with E-state index < -0.39 is 0 Å². The lowest BCUT2D eigenvalue weighted by atomic mass is 9.82. The molecular weight excluding hydrogens is 419 g/mol. The molecule has 0 bridgehead atoms. The molecule has 1 aromatic rings. The number of halogens is 1. The molecule has 1 aliphatic heterocycles. The third-order valence-electron chi connectivity index (χ3n) is 8.20. The van der Waals surface area contributed by atoms with Crippen molar-refractivity contribution in [1.29, 1.82) is 0 Å². The quantitative estimate of drug-likeness (QED) is 0.597. The number of hydrogen-bond acceptors (Lipinski definition) is 4. The Hall–Kier alpha value is -1.79. The van der Waals surface area contributed by atoms with Crippen molar-refractivity contribution in [2.75, 3.05) is 19.6 Å². The zero-order valence-corrected chi connectivity index (χ0v) is 19.7. The fraction of sp³-hybridized carbons (Fsp3) is 0.704. The van der Waals surface area contributed by atoms with Gasteiger partial charge in [-0.3, -0.25) is 9.59 Å². The van der Waals surface area contributed by atoms with Crippen LogP contribution in [0.3, 0.4) is 0 Å². The van der Waals surface area contributed by atoms with Crippen LogP contribution in [0.2, 0.25) is 0 Å². The molecule has 1 aromatic carbocycles. The number of aliphatic hydroxyl groups excluding tert-OH is 1. The minimum atomic E-state index is -0.303. The van der Waals surface area contributed by atoms with Crippen molar-refractivity contribution in [3.8, 4) is 0 Å². The van der Waals surface area contributed by atoms with Crippen molar-refractivity contribution >= 4 is 11.7 Å². The number of nitrogens with zero attached hydrogens (tertiary/aromatic N) is 1. The molecule has 1 amide bonds.